The molecule has 0 aliphatic heterocycles. The molecule has 5 nitrogen and oxygen atoms in total. The van der Waals surface area contributed by atoms with E-state index in [4.69, 9.17) is 14.5 Å². The molecule has 0 unspecified atom stereocenters. The van der Waals surface area contributed by atoms with Crippen LogP contribution in [0.2, 0.25) is 0 Å². The van der Waals surface area contributed by atoms with E-state index in [-0.39, 0.29) is 5.56 Å². The third kappa shape index (κ3) is 3.61. The summed E-state index contributed by atoms with van der Waals surface area (Å²) >= 11 is 5.21. The van der Waals surface area contributed by atoms with Crippen LogP contribution < -0.4 is 15.0 Å². The number of thiophene rings is 1. The number of fused-ring (bicyclic) bond motifs is 3. The van der Waals surface area contributed by atoms with Crippen molar-refractivity contribution >= 4 is 49.6 Å². The maximum absolute atomic E-state index is 12.7. The molecule has 146 valence electrons. The van der Waals surface area contributed by atoms with Gasteiger partial charge in [-0.3, -0.25) is 4.79 Å². The molecule has 1 N–H and O–H groups in total. The van der Waals surface area contributed by atoms with Gasteiger partial charge in [0.2, 0.25) is 0 Å². The topological polar surface area (TPSA) is 64.2 Å². The summed E-state index contributed by atoms with van der Waals surface area (Å²) in [5, 5.41) is 0.784. The van der Waals surface area contributed by atoms with Crippen LogP contribution in [0.5, 0.6) is 11.5 Å². The molecule has 0 atom stereocenters. The molecule has 7 heteroatoms. The number of aromatic amines is 1. The molecule has 0 amide bonds. The number of aromatic nitrogens is 2. The van der Waals surface area contributed by atoms with Gasteiger partial charge in [-0.1, -0.05) is 28.4 Å². The first-order valence-electron chi connectivity index (χ1n) is 9.25. The number of ether oxygens (including phenoxy) is 2. The highest BCUT2D eigenvalue weighted by Crippen LogP contribution is 2.35. The predicted molar refractivity (Wildman–Crippen MR) is 118 cm³/mol. The van der Waals surface area contributed by atoms with Crippen LogP contribution >= 0.6 is 27.3 Å². The first-order chi connectivity index (χ1) is 13.6. The lowest BCUT2D eigenvalue weighted by molar-refractivity contribution is 0.354. The minimum absolute atomic E-state index is 0.0459. The van der Waals surface area contributed by atoms with Crippen LogP contribution in [0.25, 0.3) is 22.4 Å². The van der Waals surface area contributed by atoms with Crippen LogP contribution in [0.1, 0.15) is 41.1 Å². The Labute approximate surface area is 175 Å². The average molecular weight is 461 g/mol. The Morgan fingerprint density at radius 2 is 1.86 bits per heavy atom. The first-order valence-corrected chi connectivity index (χ1v) is 10.9. The Balaban J connectivity index is 1.72. The predicted octanol–water partition coefficient (Wildman–Crippen LogP) is 5.20. The molecular formula is C21H21BrN2O3S. The van der Waals surface area contributed by atoms with Gasteiger partial charge in [0.15, 0.2) is 11.5 Å². The molecule has 0 saturated heterocycles. The molecule has 0 fully saturated rings. The second kappa shape index (κ2) is 8.09. The van der Waals surface area contributed by atoms with Crippen molar-refractivity contribution in [3.05, 3.63) is 48.8 Å². The fraction of sp³-hybridized carbons (Fsp3) is 0.333. The second-order valence-corrected chi connectivity index (χ2v) is 8.70. The molecule has 0 saturated carbocycles. The van der Waals surface area contributed by atoms with Gasteiger partial charge in [0, 0.05) is 9.35 Å². The quantitative estimate of drug-likeness (QED) is 0.543. The van der Waals surface area contributed by atoms with Gasteiger partial charge >= 0.3 is 0 Å². The molecule has 2 heterocycles. The number of H-pyrrole nitrogens is 1. The summed E-state index contributed by atoms with van der Waals surface area (Å²) in [6, 6.07) is 3.73. The number of nitrogens with one attached hydrogen (secondary N) is 1. The maximum atomic E-state index is 12.7. The molecule has 1 aromatic carbocycles. The largest absolute Gasteiger partial charge is 0.493 e. The first kappa shape index (κ1) is 19.2. The molecule has 0 radical (unpaired) electrons. The summed E-state index contributed by atoms with van der Waals surface area (Å²) < 4.78 is 11.5. The number of benzene rings is 1. The zero-order valence-corrected chi connectivity index (χ0v) is 18.2. The van der Waals surface area contributed by atoms with Crippen LogP contribution in [0, 0.1) is 0 Å². The zero-order chi connectivity index (χ0) is 19.7. The standard InChI is InChI=1S/C21H21BrN2O3S/c1-26-15-10-12(14(22)11-16(15)27-2)8-9-18-23-20(25)19-13-6-4-3-5-7-17(13)28-21(19)24-18/h8-11H,3-7H2,1-2H3,(H,23,24,25)/b9-8+. The van der Waals surface area contributed by atoms with Crippen molar-refractivity contribution < 1.29 is 9.47 Å². The molecule has 3 aromatic rings. The van der Waals surface area contributed by atoms with Crippen molar-refractivity contribution in [2.24, 2.45) is 0 Å². The van der Waals surface area contributed by atoms with Crippen molar-refractivity contribution in [1.29, 1.82) is 0 Å². The van der Waals surface area contributed by atoms with E-state index in [1.807, 2.05) is 24.3 Å². The van der Waals surface area contributed by atoms with E-state index in [2.05, 4.69) is 20.9 Å². The Bertz CT molecular complexity index is 1120. The zero-order valence-electron chi connectivity index (χ0n) is 15.8. The van der Waals surface area contributed by atoms with Crippen LogP contribution in [-0.2, 0) is 12.8 Å². The lowest BCUT2D eigenvalue weighted by Crippen LogP contribution is -2.10. The van der Waals surface area contributed by atoms with Crippen LogP contribution in [0.4, 0.5) is 0 Å². The molecule has 2 aromatic heterocycles. The summed E-state index contributed by atoms with van der Waals surface area (Å²) in [6.45, 7) is 0. The summed E-state index contributed by atoms with van der Waals surface area (Å²) in [5.41, 5.74) is 2.07. The molecule has 1 aliphatic carbocycles. The summed E-state index contributed by atoms with van der Waals surface area (Å²) in [4.78, 5) is 22.5. The van der Waals surface area contributed by atoms with E-state index in [1.165, 1.54) is 23.3 Å². The monoisotopic (exact) mass is 460 g/mol. The number of halogens is 1. The minimum Gasteiger partial charge on any atom is -0.493 e. The van der Waals surface area contributed by atoms with Crippen molar-refractivity contribution in [2.75, 3.05) is 14.2 Å². The highest BCUT2D eigenvalue weighted by Gasteiger charge is 2.18. The normalized spacial score (nSPS) is 14.2. The van der Waals surface area contributed by atoms with E-state index < -0.39 is 0 Å². The lowest BCUT2D eigenvalue weighted by atomic mass is 10.1. The van der Waals surface area contributed by atoms with Gasteiger partial charge in [-0.15, -0.1) is 11.3 Å². The Morgan fingerprint density at radius 3 is 2.64 bits per heavy atom. The fourth-order valence-corrected chi connectivity index (χ4v) is 5.33. The summed E-state index contributed by atoms with van der Waals surface area (Å²) in [7, 11) is 3.21. The van der Waals surface area contributed by atoms with Crippen molar-refractivity contribution in [2.45, 2.75) is 32.1 Å². The number of rotatable bonds is 4. The molecule has 0 bridgehead atoms. The van der Waals surface area contributed by atoms with E-state index in [1.54, 1.807) is 25.6 Å². The Morgan fingerprint density at radius 1 is 1.11 bits per heavy atom. The summed E-state index contributed by atoms with van der Waals surface area (Å²) in [5.74, 6) is 1.85. The SMILES string of the molecule is COc1cc(Br)c(/C=C/c2nc3sc4c(c3c(=O)[nH]2)CCCCC4)cc1OC. The van der Waals surface area contributed by atoms with Gasteiger partial charge in [0.1, 0.15) is 10.7 Å². The fourth-order valence-electron chi connectivity index (χ4n) is 3.60. The molecule has 4 rings (SSSR count). The van der Waals surface area contributed by atoms with Gasteiger partial charge in [0.05, 0.1) is 19.6 Å². The van der Waals surface area contributed by atoms with Crippen LogP contribution in [0.15, 0.2) is 21.4 Å². The highest BCUT2D eigenvalue weighted by molar-refractivity contribution is 9.10. The molecule has 0 spiro atoms. The average Bonchev–Trinajstić information content (AvgIpc) is 2.88. The Kier molecular flexibility index (Phi) is 5.55. The molecule has 1 aliphatic rings. The lowest BCUT2D eigenvalue weighted by Gasteiger charge is -2.09. The highest BCUT2D eigenvalue weighted by atomic mass is 79.9. The second-order valence-electron chi connectivity index (χ2n) is 6.76. The van der Waals surface area contributed by atoms with E-state index in [0.29, 0.717) is 17.3 Å². The minimum atomic E-state index is -0.0459. The van der Waals surface area contributed by atoms with E-state index in [0.717, 1.165) is 39.5 Å². The van der Waals surface area contributed by atoms with Gasteiger partial charge in [0.25, 0.3) is 5.56 Å². The van der Waals surface area contributed by atoms with E-state index >= 15 is 0 Å². The van der Waals surface area contributed by atoms with Gasteiger partial charge in [-0.05, 0) is 55.0 Å². The van der Waals surface area contributed by atoms with Gasteiger partial charge in [-0.25, -0.2) is 4.98 Å². The van der Waals surface area contributed by atoms with Crippen molar-refractivity contribution in [1.82, 2.24) is 9.97 Å². The van der Waals surface area contributed by atoms with Crippen molar-refractivity contribution in [3.8, 4) is 11.5 Å². The summed E-state index contributed by atoms with van der Waals surface area (Å²) in [6.07, 6.45) is 9.32. The maximum Gasteiger partial charge on any atom is 0.260 e. The third-order valence-electron chi connectivity index (χ3n) is 5.02. The van der Waals surface area contributed by atoms with Crippen LogP contribution in [0.3, 0.4) is 0 Å². The number of nitrogens with zero attached hydrogens (tertiary/aromatic N) is 1. The third-order valence-corrected chi connectivity index (χ3v) is 6.89. The smallest absolute Gasteiger partial charge is 0.260 e. The van der Waals surface area contributed by atoms with Crippen molar-refractivity contribution in [3.63, 3.8) is 0 Å². The Hall–Kier alpha value is -2.12. The number of hydrogen-bond donors (Lipinski definition) is 1. The number of methoxy groups -OCH3 is 2. The molecular weight excluding hydrogens is 440 g/mol. The van der Waals surface area contributed by atoms with Gasteiger partial charge < -0.3 is 14.5 Å². The molecule has 28 heavy (non-hydrogen) atoms. The number of aryl methyl sites for hydroxylation is 2. The van der Waals surface area contributed by atoms with Crippen LogP contribution in [-0.4, -0.2) is 24.2 Å². The van der Waals surface area contributed by atoms with Gasteiger partial charge in [-0.2, -0.15) is 0 Å². The van der Waals surface area contributed by atoms with E-state index in [9.17, 15) is 4.79 Å². The number of hydrogen-bond acceptors (Lipinski definition) is 5.